The van der Waals surface area contributed by atoms with Crippen LogP contribution in [0.5, 0.6) is 5.75 Å². The highest BCUT2D eigenvalue weighted by atomic mass is 32.1. The number of anilines is 1. The first-order chi connectivity index (χ1) is 14.1. The molecule has 1 fully saturated rings. The van der Waals surface area contributed by atoms with Crippen LogP contribution in [0.2, 0.25) is 0 Å². The van der Waals surface area contributed by atoms with Crippen molar-refractivity contribution in [2.24, 2.45) is 0 Å². The van der Waals surface area contributed by atoms with Crippen LogP contribution in [0.3, 0.4) is 0 Å². The number of para-hydroxylation sites is 1. The Kier molecular flexibility index (Phi) is 5.97. The summed E-state index contributed by atoms with van der Waals surface area (Å²) in [5.74, 6) is 0.819. The van der Waals surface area contributed by atoms with E-state index in [2.05, 4.69) is 21.2 Å². The number of piperazine rings is 1. The minimum absolute atomic E-state index is 0.00735. The number of fused-ring (bicyclic) bond motifs is 1. The monoisotopic (exact) mass is 410 g/mol. The van der Waals surface area contributed by atoms with E-state index >= 15 is 0 Å². The van der Waals surface area contributed by atoms with Crippen LogP contribution in [0, 0.1) is 6.92 Å². The standard InChI is InChI=1S/C22H26N4O2S/c1-16-6-8-17(9-7-16)21(27)23-10-11-25-12-14-26(15-13-25)22-24-20-18(28-2)4-3-5-19(20)29-22/h3-9H,10-15H2,1-2H3,(H,23,27). The fraction of sp³-hybridized carbons (Fsp3) is 0.364. The number of carbonyl (C=O) groups is 1. The second-order valence-corrected chi connectivity index (χ2v) is 8.26. The van der Waals surface area contributed by atoms with Crippen molar-refractivity contribution >= 4 is 32.6 Å². The van der Waals surface area contributed by atoms with Crippen LogP contribution < -0.4 is 15.0 Å². The normalized spacial score (nSPS) is 14.9. The predicted molar refractivity (Wildman–Crippen MR) is 118 cm³/mol. The second-order valence-electron chi connectivity index (χ2n) is 7.25. The number of nitrogens with one attached hydrogen (secondary N) is 1. The first kappa shape index (κ1) is 19.7. The lowest BCUT2D eigenvalue weighted by atomic mass is 10.1. The van der Waals surface area contributed by atoms with Gasteiger partial charge in [-0.2, -0.15) is 0 Å². The largest absolute Gasteiger partial charge is 0.494 e. The number of carbonyl (C=O) groups excluding carboxylic acids is 1. The molecule has 0 saturated carbocycles. The summed E-state index contributed by atoms with van der Waals surface area (Å²) in [5.41, 5.74) is 2.81. The van der Waals surface area contributed by atoms with Crippen molar-refractivity contribution in [3.05, 3.63) is 53.6 Å². The first-order valence-electron chi connectivity index (χ1n) is 9.90. The van der Waals surface area contributed by atoms with Gasteiger partial charge in [-0.25, -0.2) is 4.98 Å². The molecule has 152 valence electrons. The molecule has 2 aromatic carbocycles. The summed E-state index contributed by atoms with van der Waals surface area (Å²) in [6, 6.07) is 13.7. The molecule has 1 aliphatic rings. The first-order valence-corrected chi connectivity index (χ1v) is 10.7. The molecule has 1 saturated heterocycles. The molecule has 1 aromatic heterocycles. The van der Waals surface area contributed by atoms with Crippen LogP contribution in [0.4, 0.5) is 5.13 Å². The third-order valence-corrected chi connectivity index (χ3v) is 6.34. The highest BCUT2D eigenvalue weighted by Crippen LogP contribution is 2.34. The molecule has 0 aliphatic carbocycles. The maximum Gasteiger partial charge on any atom is 0.251 e. The predicted octanol–water partition coefficient (Wildman–Crippen LogP) is 3.17. The smallest absolute Gasteiger partial charge is 0.251 e. The summed E-state index contributed by atoms with van der Waals surface area (Å²) in [6.07, 6.45) is 0. The zero-order valence-corrected chi connectivity index (χ0v) is 17.7. The van der Waals surface area contributed by atoms with E-state index in [0.717, 1.165) is 59.4 Å². The fourth-order valence-electron chi connectivity index (χ4n) is 3.51. The number of hydrogen-bond acceptors (Lipinski definition) is 6. The van der Waals surface area contributed by atoms with Gasteiger partial charge in [0, 0.05) is 44.8 Å². The van der Waals surface area contributed by atoms with Crippen molar-refractivity contribution in [1.29, 1.82) is 0 Å². The molecule has 6 nitrogen and oxygen atoms in total. The molecule has 0 radical (unpaired) electrons. The maximum atomic E-state index is 12.2. The van der Waals surface area contributed by atoms with Crippen LogP contribution in [0.25, 0.3) is 10.2 Å². The average Bonchev–Trinajstić information content (AvgIpc) is 3.19. The van der Waals surface area contributed by atoms with E-state index in [4.69, 9.17) is 9.72 Å². The van der Waals surface area contributed by atoms with Crippen molar-refractivity contribution in [2.75, 3.05) is 51.3 Å². The molecular weight excluding hydrogens is 384 g/mol. The lowest BCUT2D eigenvalue weighted by Crippen LogP contribution is -2.48. The zero-order chi connectivity index (χ0) is 20.2. The van der Waals surface area contributed by atoms with Gasteiger partial charge in [0.25, 0.3) is 5.91 Å². The Hall–Kier alpha value is -2.64. The number of thiazole rings is 1. The number of rotatable bonds is 6. The summed E-state index contributed by atoms with van der Waals surface area (Å²) in [5, 5.41) is 4.07. The van der Waals surface area contributed by atoms with Gasteiger partial charge in [-0.3, -0.25) is 9.69 Å². The Morgan fingerprint density at radius 1 is 1.14 bits per heavy atom. The molecule has 0 atom stereocenters. The maximum absolute atomic E-state index is 12.2. The van der Waals surface area contributed by atoms with Gasteiger partial charge >= 0.3 is 0 Å². The van der Waals surface area contributed by atoms with Crippen molar-refractivity contribution in [1.82, 2.24) is 15.2 Å². The Morgan fingerprint density at radius 2 is 1.90 bits per heavy atom. The molecular formula is C22H26N4O2S. The molecule has 29 heavy (non-hydrogen) atoms. The van der Waals surface area contributed by atoms with Crippen LogP contribution in [0.1, 0.15) is 15.9 Å². The third kappa shape index (κ3) is 4.52. The number of ether oxygens (including phenoxy) is 1. The van der Waals surface area contributed by atoms with E-state index in [0.29, 0.717) is 12.1 Å². The molecule has 4 rings (SSSR count). The molecule has 2 heterocycles. The Bertz CT molecular complexity index is 978. The second kappa shape index (κ2) is 8.80. The summed E-state index contributed by atoms with van der Waals surface area (Å²) in [6.45, 7) is 7.35. The Balaban J connectivity index is 1.26. The molecule has 3 aromatic rings. The summed E-state index contributed by atoms with van der Waals surface area (Å²) < 4.78 is 6.58. The number of amides is 1. The number of methoxy groups -OCH3 is 1. The summed E-state index contributed by atoms with van der Waals surface area (Å²) in [4.78, 5) is 21.7. The SMILES string of the molecule is COc1cccc2sc(N3CCN(CCNC(=O)c4ccc(C)cc4)CC3)nc12. The van der Waals surface area contributed by atoms with Crippen LogP contribution >= 0.6 is 11.3 Å². The zero-order valence-electron chi connectivity index (χ0n) is 16.9. The molecule has 1 aliphatic heterocycles. The minimum Gasteiger partial charge on any atom is -0.494 e. The number of nitrogens with zero attached hydrogens (tertiary/aromatic N) is 3. The van der Waals surface area contributed by atoms with E-state index in [-0.39, 0.29) is 5.91 Å². The van der Waals surface area contributed by atoms with Gasteiger partial charge in [0.15, 0.2) is 5.13 Å². The molecule has 1 N–H and O–H groups in total. The van der Waals surface area contributed by atoms with E-state index in [1.807, 2.05) is 43.3 Å². The molecule has 0 spiro atoms. The van der Waals surface area contributed by atoms with E-state index in [9.17, 15) is 4.79 Å². The van der Waals surface area contributed by atoms with Gasteiger partial charge in [0.2, 0.25) is 0 Å². The fourth-order valence-corrected chi connectivity index (χ4v) is 4.54. The van der Waals surface area contributed by atoms with E-state index < -0.39 is 0 Å². The highest BCUT2D eigenvalue weighted by Gasteiger charge is 2.20. The van der Waals surface area contributed by atoms with Gasteiger partial charge in [-0.15, -0.1) is 0 Å². The third-order valence-electron chi connectivity index (χ3n) is 5.26. The summed E-state index contributed by atoms with van der Waals surface area (Å²) >= 11 is 1.71. The van der Waals surface area contributed by atoms with Crippen molar-refractivity contribution in [3.8, 4) is 5.75 Å². The number of aromatic nitrogens is 1. The highest BCUT2D eigenvalue weighted by molar-refractivity contribution is 7.22. The van der Waals surface area contributed by atoms with Crippen molar-refractivity contribution in [3.63, 3.8) is 0 Å². The molecule has 0 bridgehead atoms. The van der Waals surface area contributed by atoms with Gasteiger partial charge in [0.1, 0.15) is 11.3 Å². The average molecular weight is 411 g/mol. The van der Waals surface area contributed by atoms with Crippen LogP contribution in [-0.2, 0) is 0 Å². The van der Waals surface area contributed by atoms with Gasteiger partial charge in [-0.1, -0.05) is 35.1 Å². The van der Waals surface area contributed by atoms with Crippen LogP contribution in [-0.4, -0.2) is 62.2 Å². The number of benzene rings is 2. The lowest BCUT2D eigenvalue weighted by molar-refractivity contribution is 0.0948. The van der Waals surface area contributed by atoms with Gasteiger partial charge < -0.3 is 15.0 Å². The molecule has 0 unspecified atom stereocenters. The Morgan fingerprint density at radius 3 is 2.62 bits per heavy atom. The van der Waals surface area contributed by atoms with Gasteiger partial charge in [0.05, 0.1) is 11.8 Å². The lowest BCUT2D eigenvalue weighted by Gasteiger charge is -2.34. The van der Waals surface area contributed by atoms with Crippen molar-refractivity contribution < 1.29 is 9.53 Å². The van der Waals surface area contributed by atoms with E-state index in [1.165, 1.54) is 0 Å². The number of hydrogen-bond donors (Lipinski definition) is 1. The Labute approximate surface area is 175 Å². The molecule has 1 amide bonds. The van der Waals surface area contributed by atoms with Crippen LogP contribution in [0.15, 0.2) is 42.5 Å². The quantitative estimate of drug-likeness (QED) is 0.677. The van der Waals surface area contributed by atoms with E-state index in [1.54, 1.807) is 18.4 Å². The topological polar surface area (TPSA) is 57.7 Å². The summed E-state index contributed by atoms with van der Waals surface area (Å²) in [7, 11) is 1.68. The van der Waals surface area contributed by atoms with Crippen molar-refractivity contribution in [2.45, 2.75) is 6.92 Å². The van der Waals surface area contributed by atoms with Gasteiger partial charge in [-0.05, 0) is 31.2 Å². The minimum atomic E-state index is -0.00735. The molecule has 7 heteroatoms. The number of aryl methyl sites for hydroxylation is 1.